The average molecular weight is 509 g/mol. The molecule has 4 rings (SSSR count). The van der Waals surface area contributed by atoms with Crippen LogP contribution in [0.5, 0.6) is 0 Å². The van der Waals surface area contributed by atoms with Gasteiger partial charge >= 0.3 is 5.76 Å². The van der Waals surface area contributed by atoms with E-state index < -0.39 is 46.0 Å². The van der Waals surface area contributed by atoms with Crippen LogP contribution >= 0.6 is 11.6 Å². The summed E-state index contributed by atoms with van der Waals surface area (Å²) in [6.45, 7) is 4.52. The molecule has 0 saturated heterocycles. The molecule has 0 aliphatic carbocycles. The number of carbonyl (C=O) groups excluding carboxylic acids is 1. The number of hydrogen-bond acceptors (Lipinski definition) is 6. The molecule has 2 aromatic carbocycles. The van der Waals surface area contributed by atoms with Crippen LogP contribution in [-0.4, -0.2) is 42.4 Å². The summed E-state index contributed by atoms with van der Waals surface area (Å²) in [4.78, 5) is 25.9. The highest BCUT2D eigenvalue weighted by molar-refractivity contribution is 7.89. The monoisotopic (exact) mass is 508 g/mol. The second kappa shape index (κ2) is 8.64. The number of benzene rings is 2. The second-order valence-corrected chi connectivity index (χ2v) is 10.5. The van der Waals surface area contributed by atoms with Gasteiger partial charge in [0.25, 0.3) is 0 Å². The Bertz CT molecular complexity index is 1450. The van der Waals surface area contributed by atoms with Crippen LogP contribution < -0.4 is 10.7 Å². The van der Waals surface area contributed by atoms with E-state index in [-0.39, 0.29) is 27.1 Å². The highest BCUT2D eigenvalue weighted by Crippen LogP contribution is 2.43. The Balaban J connectivity index is 1.97. The van der Waals surface area contributed by atoms with E-state index in [1.807, 2.05) is 0 Å². The Morgan fingerprint density at radius 3 is 2.56 bits per heavy atom. The van der Waals surface area contributed by atoms with Crippen molar-refractivity contribution in [3.8, 4) is 0 Å². The van der Waals surface area contributed by atoms with Crippen LogP contribution in [-0.2, 0) is 14.8 Å². The molecule has 9 nitrogen and oxygen atoms in total. The first-order valence-electron chi connectivity index (χ1n) is 10.3. The Morgan fingerprint density at radius 2 is 1.91 bits per heavy atom. The highest BCUT2D eigenvalue weighted by Gasteiger charge is 2.45. The molecule has 0 fully saturated rings. The number of anilines is 1. The van der Waals surface area contributed by atoms with Gasteiger partial charge in [0.1, 0.15) is 16.8 Å². The number of sulfonamides is 1. The topological polar surface area (TPSA) is 117 Å². The average Bonchev–Trinajstić information content (AvgIpc) is 3.18. The van der Waals surface area contributed by atoms with Crippen molar-refractivity contribution in [2.24, 2.45) is 0 Å². The molecule has 2 atom stereocenters. The number of likely N-dealkylation sites (N-methyl/N-ethyl adjacent to an activating group) is 1. The lowest BCUT2D eigenvalue weighted by molar-refractivity contribution is -0.118. The molecule has 0 spiro atoms. The van der Waals surface area contributed by atoms with Crippen LogP contribution in [0, 0.1) is 19.7 Å². The van der Waals surface area contributed by atoms with Gasteiger partial charge in [-0.3, -0.25) is 4.79 Å². The molecule has 1 N–H and O–H groups in total. The van der Waals surface area contributed by atoms with Gasteiger partial charge in [-0.1, -0.05) is 24.6 Å². The molecular weight excluding hydrogens is 487 g/mol. The maximum atomic E-state index is 15.0. The number of fused-ring (bicyclic) bond motifs is 1. The van der Waals surface area contributed by atoms with Gasteiger partial charge in [0.2, 0.25) is 21.8 Å². The molecular formula is C22H22ClFN4O5S. The Kier molecular flexibility index (Phi) is 6.13. The van der Waals surface area contributed by atoms with Crippen LogP contribution in [0.15, 0.2) is 44.4 Å². The summed E-state index contributed by atoms with van der Waals surface area (Å²) in [6, 6.07) is 5.68. The fourth-order valence-corrected chi connectivity index (χ4v) is 6.25. The van der Waals surface area contributed by atoms with Crippen molar-refractivity contribution in [3.05, 3.63) is 74.3 Å². The third-order valence-electron chi connectivity index (χ3n) is 6.21. The summed E-state index contributed by atoms with van der Waals surface area (Å²) in [7, 11) is -2.92. The van der Waals surface area contributed by atoms with Crippen LogP contribution in [0.4, 0.5) is 10.1 Å². The zero-order valence-corrected chi connectivity index (χ0v) is 20.4. The molecule has 0 saturated carbocycles. The Morgan fingerprint density at radius 1 is 1.21 bits per heavy atom. The molecule has 180 valence electrons. The smallest absolute Gasteiger partial charge is 0.391 e. The van der Waals surface area contributed by atoms with E-state index in [2.05, 4.69) is 10.2 Å². The summed E-state index contributed by atoms with van der Waals surface area (Å²) >= 11 is 6.06. The minimum absolute atomic E-state index is 0.104. The number of nitrogens with zero attached hydrogens (tertiary/aromatic N) is 3. The second-order valence-electron chi connectivity index (χ2n) is 8.20. The van der Waals surface area contributed by atoms with Crippen LogP contribution in [0.1, 0.15) is 41.5 Å². The normalized spacial score (nSPS) is 17.8. The van der Waals surface area contributed by atoms with Crippen molar-refractivity contribution in [1.29, 1.82) is 0 Å². The zero-order valence-electron chi connectivity index (χ0n) is 18.8. The predicted molar refractivity (Wildman–Crippen MR) is 123 cm³/mol. The number of H-pyrrole nitrogens is 1. The molecule has 2 heterocycles. The van der Waals surface area contributed by atoms with Gasteiger partial charge in [0.15, 0.2) is 0 Å². The summed E-state index contributed by atoms with van der Waals surface area (Å²) in [5, 5.41) is 6.23. The van der Waals surface area contributed by atoms with E-state index in [4.69, 9.17) is 16.0 Å². The lowest BCUT2D eigenvalue weighted by atomic mass is 9.87. The highest BCUT2D eigenvalue weighted by atomic mass is 35.5. The van der Waals surface area contributed by atoms with E-state index in [1.165, 1.54) is 36.2 Å². The number of amides is 1. The summed E-state index contributed by atoms with van der Waals surface area (Å²) in [5.74, 6) is -3.18. The van der Waals surface area contributed by atoms with Crippen molar-refractivity contribution in [2.75, 3.05) is 18.5 Å². The number of aryl methyl sites for hydroxylation is 1. The number of aromatic nitrogens is 2. The molecule has 1 aromatic heterocycles. The number of carbonyl (C=O) groups is 1. The lowest BCUT2D eigenvalue weighted by Gasteiger charge is -2.32. The first kappa shape index (κ1) is 24.1. The Labute approximate surface area is 200 Å². The van der Waals surface area contributed by atoms with Crippen molar-refractivity contribution < 1.29 is 22.0 Å². The molecule has 3 aromatic rings. The van der Waals surface area contributed by atoms with Crippen LogP contribution in [0.2, 0.25) is 5.02 Å². The number of aromatic amines is 1. The Hall–Kier alpha value is -3.02. The SMILES string of the molecule is Cc1ccc(F)c(C(C)[C@@H](c2n[nH]c(=O)o2)N2CC(=O)N(C)c3cc(Cl)ccc3S2(=O)=O)c1C. The predicted octanol–water partition coefficient (Wildman–Crippen LogP) is 3.28. The maximum Gasteiger partial charge on any atom is 0.434 e. The number of nitrogens with one attached hydrogen (secondary N) is 1. The van der Waals surface area contributed by atoms with E-state index in [1.54, 1.807) is 26.8 Å². The third-order valence-corrected chi connectivity index (χ3v) is 8.32. The number of halogens is 2. The first-order chi connectivity index (χ1) is 15.9. The van der Waals surface area contributed by atoms with Gasteiger partial charge in [0.05, 0.1) is 12.2 Å². The minimum atomic E-state index is -4.36. The van der Waals surface area contributed by atoms with Gasteiger partial charge in [0, 0.05) is 18.0 Å². The minimum Gasteiger partial charge on any atom is -0.391 e. The van der Waals surface area contributed by atoms with Crippen molar-refractivity contribution >= 4 is 33.2 Å². The molecule has 34 heavy (non-hydrogen) atoms. The number of rotatable bonds is 4. The number of hydrogen-bond donors (Lipinski definition) is 1. The molecule has 1 amide bonds. The molecule has 1 aliphatic heterocycles. The standard InChI is InChI=1S/C22H22ClFN4O5S/c1-11-5-7-15(24)19(12(11)2)13(3)20(21-25-26-22(30)33-21)28-10-18(29)27(4)16-9-14(23)6-8-17(16)34(28,31)32/h5-9,13,20H,10H2,1-4H3,(H,26,30)/t13?,20-/m0/s1. The fraction of sp³-hybridized carbons (Fsp3) is 0.318. The molecule has 0 bridgehead atoms. The van der Waals surface area contributed by atoms with E-state index in [0.29, 0.717) is 5.56 Å². The summed E-state index contributed by atoms with van der Waals surface area (Å²) < 4.78 is 48.8. The quantitative estimate of drug-likeness (QED) is 0.578. The maximum absolute atomic E-state index is 15.0. The lowest BCUT2D eigenvalue weighted by Crippen LogP contribution is -2.42. The van der Waals surface area contributed by atoms with Gasteiger partial charge in [-0.2, -0.15) is 4.31 Å². The summed E-state index contributed by atoms with van der Waals surface area (Å²) in [5.41, 5.74) is 1.73. The molecule has 1 aliphatic rings. The fourth-order valence-electron chi connectivity index (χ4n) is 4.28. The van der Waals surface area contributed by atoms with Crippen molar-refractivity contribution in [2.45, 2.75) is 37.6 Å². The van der Waals surface area contributed by atoms with Crippen molar-refractivity contribution in [1.82, 2.24) is 14.5 Å². The van der Waals surface area contributed by atoms with Gasteiger partial charge in [-0.05, 0) is 54.8 Å². The largest absolute Gasteiger partial charge is 0.434 e. The van der Waals surface area contributed by atoms with E-state index in [9.17, 15) is 18.0 Å². The first-order valence-corrected chi connectivity index (χ1v) is 12.1. The van der Waals surface area contributed by atoms with E-state index >= 15 is 4.39 Å². The van der Waals surface area contributed by atoms with Crippen LogP contribution in [0.3, 0.4) is 0 Å². The molecule has 1 unspecified atom stereocenters. The van der Waals surface area contributed by atoms with Crippen molar-refractivity contribution in [3.63, 3.8) is 0 Å². The van der Waals surface area contributed by atoms with E-state index in [0.717, 1.165) is 9.87 Å². The summed E-state index contributed by atoms with van der Waals surface area (Å²) in [6.07, 6.45) is 0. The van der Waals surface area contributed by atoms with Crippen LogP contribution in [0.25, 0.3) is 0 Å². The van der Waals surface area contributed by atoms with Gasteiger partial charge in [-0.15, -0.1) is 5.10 Å². The zero-order chi connectivity index (χ0) is 24.9. The molecule has 12 heteroatoms. The molecule has 0 radical (unpaired) electrons. The van der Waals surface area contributed by atoms with Gasteiger partial charge < -0.3 is 9.32 Å². The van der Waals surface area contributed by atoms with Gasteiger partial charge in [-0.25, -0.2) is 22.7 Å². The third kappa shape index (κ3) is 3.93.